The maximum Gasteiger partial charge on any atom is 0.223 e. The molecule has 0 bridgehead atoms. The molecule has 2 heterocycles. The molecule has 2 atom stereocenters. The molecular formula is C18H27ClN2O3. The van der Waals surface area contributed by atoms with Crippen LogP contribution in [0, 0.1) is 5.92 Å². The second kappa shape index (κ2) is 9.25. The molecule has 24 heavy (non-hydrogen) atoms. The SMILES string of the molecule is COc1ccccc1C1CNCCN1C(=O)CCC1CCOC1.Cl. The third kappa shape index (κ3) is 4.41. The molecule has 1 aromatic rings. The van der Waals surface area contributed by atoms with E-state index in [-0.39, 0.29) is 24.4 Å². The number of methoxy groups -OCH3 is 1. The zero-order valence-electron chi connectivity index (χ0n) is 14.2. The summed E-state index contributed by atoms with van der Waals surface area (Å²) in [5.74, 6) is 1.64. The zero-order chi connectivity index (χ0) is 16.1. The van der Waals surface area contributed by atoms with Crippen molar-refractivity contribution in [3.05, 3.63) is 29.8 Å². The van der Waals surface area contributed by atoms with Crippen LogP contribution in [0.25, 0.3) is 0 Å². The van der Waals surface area contributed by atoms with E-state index in [0.717, 1.165) is 57.0 Å². The average molecular weight is 355 g/mol. The lowest BCUT2D eigenvalue weighted by Crippen LogP contribution is -2.48. The predicted molar refractivity (Wildman–Crippen MR) is 95.7 cm³/mol. The summed E-state index contributed by atoms with van der Waals surface area (Å²) in [7, 11) is 1.68. The standard InChI is InChI=1S/C18H26N2O3.ClH/c1-22-17-5-3-2-4-15(17)16-12-19-9-10-20(16)18(21)7-6-14-8-11-23-13-14;/h2-5,14,16,19H,6-13H2,1H3;1H. The van der Waals surface area contributed by atoms with Crippen molar-refractivity contribution >= 4 is 18.3 Å². The number of para-hydroxylation sites is 1. The van der Waals surface area contributed by atoms with Gasteiger partial charge in [-0.25, -0.2) is 0 Å². The fourth-order valence-corrected chi connectivity index (χ4v) is 3.50. The maximum absolute atomic E-state index is 12.8. The molecule has 1 amide bonds. The van der Waals surface area contributed by atoms with Crippen LogP contribution in [0.4, 0.5) is 0 Å². The van der Waals surface area contributed by atoms with Crippen LogP contribution in [0.3, 0.4) is 0 Å². The molecule has 0 radical (unpaired) electrons. The van der Waals surface area contributed by atoms with E-state index < -0.39 is 0 Å². The van der Waals surface area contributed by atoms with Gasteiger partial charge in [-0.05, 0) is 24.8 Å². The van der Waals surface area contributed by atoms with Crippen molar-refractivity contribution in [3.63, 3.8) is 0 Å². The average Bonchev–Trinajstić information content (AvgIpc) is 3.13. The summed E-state index contributed by atoms with van der Waals surface area (Å²) in [6, 6.07) is 8.03. The third-order valence-electron chi connectivity index (χ3n) is 4.85. The van der Waals surface area contributed by atoms with Crippen molar-refractivity contribution in [2.45, 2.75) is 25.3 Å². The molecule has 2 aliphatic rings. The summed E-state index contributed by atoms with van der Waals surface area (Å²) in [5, 5.41) is 3.40. The Morgan fingerprint density at radius 1 is 1.42 bits per heavy atom. The molecule has 134 valence electrons. The fraction of sp³-hybridized carbons (Fsp3) is 0.611. The van der Waals surface area contributed by atoms with E-state index >= 15 is 0 Å². The Balaban J connectivity index is 0.00000208. The summed E-state index contributed by atoms with van der Waals surface area (Å²) < 4.78 is 10.9. The van der Waals surface area contributed by atoms with Crippen LogP contribution in [0.2, 0.25) is 0 Å². The molecule has 0 aliphatic carbocycles. The van der Waals surface area contributed by atoms with E-state index in [4.69, 9.17) is 9.47 Å². The number of ether oxygens (including phenoxy) is 2. The molecule has 5 nitrogen and oxygen atoms in total. The highest BCUT2D eigenvalue weighted by Gasteiger charge is 2.30. The van der Waals surface area contributed by atoms with E-state index in [1.165, 1.54) is 0 Å². The number of hydrogen-bond donors (Lipinski definition) is 1. The fourth-order valence-electron chi connectivity index (χ4n) is 3.50. The van der Waals surface area contributed by atoms with Gasteiger partial charge in [0.25, 0.3) is 0 Å². The summed E-state index contributed by atoms with van der Waals surface area (Å²) in [6.45, 7) is 4.03. The van der Waals surface area contributed by atoms with Gasteiger partial charge in [0.05, 0.1) is 13.2 Å². The van der Waals surface area contributed by atoms with Gasteiger partial charge in [0, 0.05) is 44.8 Å². The van der Waals surface area contributed by atoms with Crippen LogP contribution in [0.5, 0.6) is 5.75 Å². The van der Waals surface area contributed by atoms with Gasteiger partial charge in [0.15, 0.2) is 0 Å². The van der Waals surface area contributed by atoms with Crippen LogP contribution in [-0.4, -0.2) is 50.8 Å². The lowest BCUT2D eigenvalue weighted by Gasteiger charge is -2.37. The summed E-state index contributed by atoms with van der Waals surface area (Å²) >= 11 is 0. The molecule has 0 saturated carbocycles. The number of amides is 1. The number of carbonyl (C=O) groups is 1. The number of benzene rings is 1. The highest BCUT2D eigenvalue weighted by molar-refractivity contribution is 5.85. The smallest absolute Gasteiger partial charge is 0.223 e. The highest BCUT2D eigenvalue weighted by Crippen LogP contribution is 2.31. The van der Waals surface area contributed by atoms with Crippen molar-refractivity contribution in [1.29, 1.82) is 0 Å². The summed E-state index contributed by atoms with van der Waals surface area (Å²) in [4.78, 5) is 14.8. The topological polar surface area (TPSA) is 50.8 Å². The number of rotatable bonds is 5. The Kier molecular flexibility index (Phi) is 7.34. The monoisotopic (exact) mass is 354 g/mol. The van der Waals surface area contributed by atoms with Crippen molar-refractivity contribution in [3.8, 4) is 5.75 Å². The number of hydrogen-bond acceptors (Lipinski definition) is 4. The Morgan fingerprint density at radius 3 is 3.00 bits per heavy atom. The van der Waals surface area contributed by atoms with Crippen molar-refractivity contribution in [2.24, 2.45) is 5.92 Å². The van der Waals surface area contributed by atoms with Crippen LogP contribution in [0.1, 0.15) is 30.9 Å². The van der Waals surface area contributed by atoms with Gasteiger partial charge in [-0.3, -0.25) is 4.79 Å². The van der Waals surface area contributed by atoms with Gasteiger partial charge in [-0.2, -0.15) is 0 Å². The van der Waals surface area contributed by atoms with Gasteiger partial charge in [-0.1, -0.05) is 18.2 Å². The second-order valence-electron chi connectivity index (χ2n) is 6.32. The van der Waals surface area contributed by atoms with E-state index in [1.54, 1.807) is 7.11 Å². The Labute approximate surface area is 150 Å². The number of nitrogens with one attached hydrogen (secondary N) is 1. The normalized spacial score (nSPS) is 23.6. The van der Waals surface area contributed by atoms with Gasteiger partial charge in [-0.15, -0.1) is 12.4 Å². The van der Waals surface area contributed by atoms with Gasteiger partial charge >= 0.3 is 0 Å². The molecule has 1 aromatic carbocycles. The predicted octanol–water partition coefficient (Wildman–Crippen LogP) is 2.41. The largest absolute Gasteiger partial charge is 0.496 e. The minimum absolute atomic E-state index is 0. The van der Waals surface area contributed by atoms with E-state index in [1.807, 2.05) is 23.1 Å². The lowest BCUT2D eigenvalue weighted by atomic mass is 9.99. The zero-order valence-corrected chi connectivity index (χ0v) is 15.0. The van der Waals surface area contributed by atoms with E-state index in [9.17, 15) is 4.79 Å². The molecule has 1 N–H and O–H groups in total. The summed E-state index contributed by atoms with van der Waals surface area (Å²) in [6.07, 6.45) is 2.63. The van der Waals surface area contributed by atoms with Gasteiger partial charge in [0.2, 0.25) is 5.91 Å². The van der Waals surface area contributed by atoms with Crippen LogP contribution >= 0.6 is 12.4 Å². The molecule has 2 unspecified atom stereocenters. The number of piperazine rings is 1. The molecular weight excluding hydrogens is 328 g/mol. The second-order valence-corrected chi connectivity index (χ2v) is 6.32. The number of nitrogens with zero attached hydrogens (tertiary/aromatic N) is 1. The number of carbonyl (C=O) groups excluding carboxylic acids is 1. The first-order valence-electron chi connectivity index (χ1n) is 8.50. The molecule has 2 fully saturated rings. The van der Waals surface area contributed by atoms with E-state index in [2.05, 4.69) is 11.4 Å². The molecule has 2 aliphatic heterocycles. The molecule has 6 heteroatoms. The molecule has 3 rings (SSSR count). The Hall–Kier alpha value is -1.30. The van der Waals surface area contributed by atoms with Crippen LogP contribution < -0.4 is 10.1 Å². The highest BCUT2D eigenvalue weighted by atomic mass is 35.5. The van der Waals surface area contributed by atoms with Crippen molar-refractivity contribution in [1.82, 2.24) is 10.2 Å². The quantitative estimate of drug-likeness (QED) is 0.882. The Morgan fingerprint density at radius 2 is 2.25 bits per heavy atom. The minimum atomic E-state index is 0. The van der Waals surface area contributed by atoms with Gasteiger partial charge in [0.1, 0.15) is 5.75 Å². The number of halogens is 1. The first-order valence-corrected chi connectivity index (χ1v) is 8.50. The first-order chi connectivity index (χ1) is 11.3. The molecule has 0 aromatic heterocycles. The molecule has 0 spiro atoms. The maximum atomic E-state index is 12.8. The van der Waals surface area contributed by atoms with Crippen LogP contribution in [0.15, 0.2) is 24.3 Å². The molecule has 2 saturated heterocycles. The lowest BCUT2D eigenvalue weighted by molar-refractivity contribution is -0.134. The van der Waals surface area contributed by atoms with Crippen molar-refractivity contribution in [2.75, 3.05) is 40.0 Å². The third-order valence-corrected chi connectivity index (χ3v) is 4.85. The van der Waals surface area contributed by atoms with E-state index in [0.29, 0.717) is 12.3 Å². The minimum Gasteiger partial charge on any atom is -0.496 e. The van der Waals surface area contributed by atoms with Crippen molar-refractivity contribution < 1.29 is 14.3 Å². The first kappa shape index (κ1) is 19.0. The van der Waals surface area contributed by atoms with Gasteiger partial charge < -0.3 is 19.7 Å². The summed E-state index contributed by atoms with van der Waals surface area (Å²) in [5.41, 5.74) is 1.08. The van der Waals surface area contributed by atoms with Crippen LogP contribution in [-0.2, 0) is 9.53 Å². The Bertz CT molecular complexity index is 535.